The zero-order valence-electron chi connectivity index (χ0n) is 17.7. The third kappa shape index (κ3) is 5.28. The number of carbonyl (C=O) groups excluding carboxylic acids is 2. The maximum absolute atomic E-state index is 14.1. The van der Waals surface area contributed by atoms with Gasteiger partial charge in [-0.15, -0.1) is 11.3 Å². The molecule has 2 amide bonds. The minimum absolute atomic E-state index is 0.0628. The first-order valence-corrected chi connectivity index (χ1v) is 11.4. The number of nitrogens with one attached hydrogen (secondary N) is 1. The van der Waals surface area contributed by atoms with E-state index in [4.69, 9.17) is 4.42 Å². The molecule has 0 bridgehead atoms. The van der Waals surface area contributed by atoms with Gasteiger partial charge in [-0.3, -0.25) is 9.59 Å². The molecular formula is C23H23F2N3O4S. The van der Waals surface area contributed by atoms with Gasteiger partial charge in [-0.05, 0) is 48.4 Å². The van der Waals surface area contributed by atoms with Gasteiger partial charge in [0.05, 0.1) is 11.0 Å². The number of aromatic nitrogens is 1. The Bertz CT molecular complexity index is 1100. The van der Waals surface area contributed by atoms with Crippen molar-refractivity contribution in [3.63, 3.8) is 0 Å². The summed E-state index contributed by atoms with van der Waals surface area (Å²) in [6.45, 7) is 0.768. The Hall–Kier alpha value is -3.11. The number of alkyl halides is 2. The van der Waals surface area contributed by atoms with Crippen LogP contribution in [0.15, 0.2) is 52.5 Å². The van der Waals surface area contributed by atoms with Crippen molar-refractivity contribution in [3.05, 3.63) is 64.2 Å². The number of amides is 2. The van der Waals surface area contributed by atoms with Gasteiger partial charge < -0.3 is 19.7 Å². The van der Waals surface area contributed by atoms with Crippen LogP contribution in [0.4, 0.5) is 8.78 Å². The fourth-order valence-corrected chi connectivity index (χ4v) is 4.30. The lowest BCUT2D eigenvalue weighted by Gasteiger charge is -2.20. The van der Waals surface area contributed by atoms with E-state index in [1.807, 2.05) is 0 Å². The van der Waals surface area contributed by atoms with Crippen LogP contribution >= 0.6 is 11.3 Å². The molecule has 0 aliphatic carbocycles. The molecule has 1 aliphatic heterocycles. The number of aliphatic hydroxyl groups excluding tert-OH is 1. The monoisotopic (exact) mass is 475 g/mol. The Labute approximate surface area is 193 Å². The van der Waals surface area contributed by atoms with Gasteiger partial charge in [0.25, 0.3) is 11.8 Å². The van der Waals surface area contributed by atoms with Crippen LogP contribution < -0.4 is 5.32 Å². The lowest BCUT2D eigenvalue weighted by Crippen LogP contribution is -2.37. The molecule has 3 heterocycles. The van der Waals surface area contributed by atoms with Crippen molar-refractivity contribution in [2.75, 3.05) is 13.1 Å². The highest BCUT2D eigenvalue weighted by atomic mass is 32.1. The smallest absolute Gasteiger partial charge is 0.358 e. The Morgan fingerprint density at radius 2 is 2.03 bits per heavy atom. The molecule has 174 valence electrons. The van der Waals surface area contributed by atoms with Crippen LogP contribution in [0.25, 0.3) is 11.5 Å². The van der Waals surface area contributed by atoms with E-state index < -0.39 is 17.9 Å². The molecule has 3 aromatic rings. The summed E-state index contributed by atoms with van der Waals surface area (Å²) in [7, 11) is 0. The molecule has 0 radical (unpaired) electrons. The number of β-amino-alcohol motifs (C(OH)–C–C–N with tert-alkyl or cyclic N) is 1. The van der Waals surface area contributed by atoms with E-state index in [1.54, 1.807) is 29.2 Å². The summed E-state index contributed by atoms with van der Waals surface area (Å²) in [6, 6.07) is 9.37. The number of hydrogen-bond acceptors (Lipinski definition) is 6. The molecule has 0 saturated carbocycles. The lowest BCUT2D eigenvalue weighted by molar-refractivity contribution is -0.146. The standard InChI is InChI=1S/C23H23F2N3O4S/c24-23(25,19-5-3-11-33-19)22(31)26-12-15-6-8-16(9-7-15)20-27-18(14-32-20)21(30)28-10-2-1-4-17(29)13-28/h3,5-9,11,14,17,29H,1-2,4,10,12-13H2,(H,26,31). The van der Waals surface area contributed by atoms with E-state index in [1.165, 1.54) is 23.8 Å². The molecule has 10 heteroatoms. The zero-order valence-corrected chi connectivity index (χ0v) is 18.5. The molecule has 0 spiro atoms. The van der Waals surface area contributed by atoms with E-state index >= 15 is 0 Å². The molecule has 1 saturated heterocycles. The number of halogens is 2. The number of oxazole rings is 1. The molecule has 1 fully saturated rings. The first kappa shape index (κ1) is 23.1. The summed E-state index contributed by atoms with van der Waals surface area (Å²) < 4.78 is 33.8. The average molecular weight is 476 g/mol. The number of thiophene rings is 1. The van der Waals surface area contributed by atoms with Crippen LogP contribution in [0, 0.1) is 0 Å². The van der Waals surface area contributed by atoms with Gasteiger partial charge in [0.15, 0.2) is 5.69 Å². The largest absolute Gasteiger partial charge is 0.444 e. The fraction of sp³-hybridized carbons (Fsp3) is 0.348. The molecule has 1 aliphatic rings. The van der Waals surface area contributed by atoms with Crippen LogP contribution in [-0.2, 0) is 17.3 Å². The number of benzene rings is 1. The van der Waals surface area contributed by atoms with Crippen molar-refractivity contribution in [2.45, 2.75) is 37.8 Å². The SMILES string of the molecule is O=C(c1coc(-c2ccc(CNC(=O)C(F)(F)c3cccs3)cc2)n1)N1CCCCC(O)C1. The molecule has 33 heavy (non-hydrogen) atoms. The number of hydrogen-bond donors (Lipinski definition) is 2. The van der Waals surface area contributed by atoms with Crippen molar-refractivity contribution < 1.29 is 27.9 Å². The molecule has 2 aromatic heterocycles. The molecule has 1 atom stereocenters. The Kier molecular flexibility index (Phi) is 6.85. The predicted molar refractivity (Wildman–Crippen MR) is 118 cm³/mol. The quantitative estimate of drug-likeness (QED) is 0.566. The van der Waals surface area contributed by atoms with Crippen LogP contribution in [0.2, 0.25) is 0 Å². The number of likely N-dealkylation sites (tertiary alicyclic amines) is 1. The number of nitrogens with zero attached hydrogens (tertiary/aromatic N) is 2. The second-order valence-corrected chi connectivity index (χ2v) is 8.82. The summed E-state index contributed by atoms with van der Waals surface area (Å²) >= 11 is 0.826. The van der Waals surface area contributed by atoms with Crippen LogP contribution in [0.5, 0.6) is 0 Å². The molecule has 2 N–H and O–H groups in total. The topological polar surface area (TPSA) is 95.7 Å². The van der Waals surface area contributed by atoms with Gasteiger partial charge in [0.1, 0.15) is 6.26 Å². The molecule has 7 nitrogen and oxygen atoms in total. The molecule has 4 rings (SSSR count). The van der Waals surface area contributed by atoms with Crippen molar-refractivity contribution in [1.82, 2.24) is 15.2 Å². The third-order valence-corrected chi connectivity index (χ3v) is 6.37. The summed E-state index contributed by atoms with van der Waals surface area (Å²) in [5, 5.41) is 13.7. The lowest BCUT2D eigenvalue weighted by atomic mass is 10.1. The predicted octanol–water partition coefficient (Wildman–Crippen LogP) is 3.80. The maximum atomic E-state index is 14.1. The average Bonchev–Trinajstić information content (AvgIpc) is 3.48. The third-order valence-electron chi connectivity index (χ3n) is 5.43. The molecular weight excluding hydrogens is 452 g/mol. The van der Waals surface area contributed by atoms with Gasteiger partial charge in [0, 0.05) is 25.2 Å². The first-order valence-electron chi connectivity index (χ1n) is 10.6. The molecule has 1 unspecified atom stereocenters. The summed E-state index contributed by atoms with van der Waals surface area (Å²) in [5.41, 5.74) is 1.38. The van der Waals surface area contributed by atoms with Crippen LogP contribution in [0.1, 0.15) is 40.2 Å². The van der Waals surface area contributed by atoms with Crippen LogP contribution in [0.3, 0.4) is 0 Å². The van der Waals surface area contributed by atoms with E-state index in [0.717, 1.165) is 24.2 Å². The van der Waals surface area contributed by atoms with Crippen LogP contribution in [-0.4, -0.2) is 46.0 Å². The molecule has 1 aromatic carbocycles. The van der Waals surface area contributed by atoms with E-state index in [9.17, 15) is 23.5 Å². The Morgan fingerprint density at radius 3 is 2.76 bits per heavy atom. The van der Waals surface area contributed by atoms with Crippen molar-refractivity contribution in [2.24, 2.45) is 0 Å². The second kappa shape index (κ2) is 9.80. The first-order chi connectivity index (χ1) is 15.8. The summed E-state index contributed by atoms with van der Waals surface area (Å²) in [5.74, 6) is -4.99. The Balaban J connectivity index is 1.37. The second-order valence-electron chi connectivity index (χ2n) is 7.87. The highest BCUT2D eigenvalue weighted by Gasteiger charge is 2.41. The van der Waals surface area contributed by atoms with Crippen molar-refractivity contribution in [1.29, 1.82) is 0 Å². The van der Waals surface area contributed by atoms with Gasteiger partial charge >= 0.3 is 5.92 Å². The van der Waals surface area contributed by atoms with Gasteiger partial charge in [-0.25, -0.2) is 4.98 Å². The highest BCUT2D eigenvalue weighted by molar-refractivity contribution is 7.10. The minimum Gasteiger partial charge on any atom is -0.444 e. The van der Waals surface area contributed by atoms with E-state index in [2.05, 4.69) is 10.3 Å². The maximum Gasteiger partial charge on any atom is 0.358 e. The van der Waals surface area contributed by atoms with Crippen molar-refractivity contribution >= 4 is 23.2 Å². The minimum atomic E-state index is -3.58. The summed E-state index contributed by atoms with van der Waals surface area (Å²) in [6.07, 6.45) is 3.11. The fourth-order valence-electron chi connectivity index (χ4n) is 3.60. The highest BCUT2D eigenvalue weighted by Crippen LogP contribution is 2.31. The zero-order chi connectivity index (χ0) is 23.4. The van der Waals surface area contributed by atoms with Gasteiger partial charge in [-0.2, -0.15) is 8.78 Å². The van der Waals surface area contributed by atoms with Crippen molar-refractivity contribution in [3.8, 4) is 11.5 Å². The van der Waals surface area contributed by atoms with E-state index in [-0.39, 0.29) is 35.5 Å². The number of rotatable bonds is 6. The summed E-state index contributed by atoms with van der Waals surface area (Å²) in [4.78, 5) is 30.2. The number of aliphatic hydroxyl groups is 1. The van der Waals surface area contributed by atoms with Gasteiger partial charge in [-0.1, -0.05) is 18.2 Å². The normalized spacial score (nSPS) is 16.9. The van der Waals surface area contributed by atoms with Gasteiger partial charge in [0.2, 0.25) is 5.89 Å². The Morgan fingerprint density at radius 1 is 1.24 bits per heavy atom. The number of carbonyl (C=O) groups is 2. The van der Waals surface area contributed by atoms with E-state index in [0.29, 0.717) is 24.1 Å².